The maximum Gasteiger partial charge on any atom is 0.416 e. The third-order valence-electron chi connectivity index (χ3n) is 5.30. The molecule has 1 fully saturated rings. The molecule has 10 heteroatoms. The Morgan fingerprint density at radius 1 is 0.935 bits per heavy atom. The summed E-state index contributed by atoms with van der Waals surface area (Å²) in [5, 5.41) is 2.52. The van der Waals surface area contributed by atoms with Crippen molar-refractivity contribution in [1.82, 2.24) is 4.90 Å². The van der Waals surface area contributed by atoms with Gasteiger partial charge >= 0.3 is 12.4 Å². The largest absolute Gasteiger partial charge is 0.416 e. The zero-order valence-electron chi connectivity index (χ0n) is 16.3. The fourth-order valence-corrected chi connectivity index (χ4v) is 3.38. The smallest absolute Gasteiger partial charge is 0.324 e. The lowest BCUT2D eigenvalue weighted by atomic mass is 9.96. The normalized spacial score (nSPS) is 19.6. The summed E-state index contributed by atoms with van der Waals surface area (Å²) in [6, 6.07) is 8.16. The number of carbonyl (C=O) groups is 2. The molecule has 3 rings (SSSR count). The van der Waals surface area contributed by atoms with E-state index in [1.165, 1.54) is 24.0 Å². The van der Waals surface area contributed by atoms with Crippen molar-refractivity contribution in [1.29, 1.82) is 0 Å². The number of nitrogens with one attached hydrogen (secondary N) is 1. The third kappa shape index (κ3) is 4.83. The topological polar surface area (TPSA) is 49.4 Å². The molecule has 0 aromatic heterocycles. The van der Waals surface area contributed by atoms with Crippen molar-refractivity contribution in [3.8, 4) is 0 Å². The molecular formula is C21H18F6N2O2. The molecule has 1 aliphatic rings. The molecule has 4 nitrogen and oxygen atoms in total. The van der Waals surface area contributed by atoms with Crippen LogP contribution >= 0.6 is 0 Å². The second kappa shape index (κ2) is 7.90. The lowest BCUT2D eigenvalue weighted by Gasteiger charge is -2.34. The molecule has 0 radical (unpaired) electrons. The van der Waals surface area contributed by atoms with Crippen molar-refractivity contribution in [2.24, 2.45) is 0 Å². The number of carbonyl (C=O) groups excluding carboxylic acids is 2. The predicted molar refractivity (Wildman–Crippen MR) is 99.7 cm³/mol. The van der Waals surface area contributed by atoms with Crippen LogP contribution in [0.15, 0.2) is 48.5 Å². The molecule has 0 bridgehead atoms. The van der Waals surface area contributed by atoms with E-state index in [0.29, 0.717) is 5.56 Å². The van der Waals surface area contributed by atoms with Crippen LogP contribution in [-0.4, -0.2) is 22.3 Å². The quantitative estimate of drug-likeness (QED) is 0.656. The number of anilines is 1. The van der Waals surface area contributed by atoms with Crippen molar-refractivity contribution in [2.75, 3.05) is 5.32 Å². The highest BCUT2D eigenvalue weighted by molar-refractivity contribution is 6.02. The number of benzene rings is 2. The molecule has 2 amide bonds. The maximum absolute atomic E-state index is 12.9. The van der Waals surface area contributed by atoms with E-state index in [9.17, 15) is 35.9 Å². The summed E-state index contributed by atoms with van der Waals surface area (Å²) in [4.78, 5) is 26.5. The van der Waals surface area contributed by atoms with Gasteiger partial charge in [-0.05, 0) is 55.3 Å². The average molecular weight is 444 g/mol. The predicted octanol–water partition coefficient (Wildman–Crippen LogP) is 5.24. The van der Waals surface area contributed by atoms with Crippen molar-refractivity contribution < 1.29 is 35.9 Å². The first-order valence-corrected chi connectivity index (χ1v) is 9.26. The van der Waals surface area contributed by atoms with E-state index in [1.807, 2.05) is 0 Å². The maximum atomic E-state index is 12.9. The number of likely N-dealkylation sites (tertiary alicyclic amines) is 1. The summed E-state index contributed by atoms with van der Waals surface area (Å²) in [6.07, 6.45) is -8.76. The zero-order valence-corrected chi connectivity index (χ0v) is 16.3. The van der Waals surface area contributed by atoms with Crippen molar-refractivity contribution in [2.45, 2.75) is 44.2 Å². The number of rotatable bonds is 4. The average Bonchev–Trinajstić information content (AvgIpc) is 2.97. The lowest BCUT2D eigenvalue weighted by molar-refractivity contribution is -0.138. The zero-order chi connectivity index (χ0) is 23.0. The van der Waals surface area contributed by atoms with Crippen LogP contribution in [0.2, 0.25) is 0 Å². The van der Waals surface area contributed by atoms with Crippen LogP contribution in [0.3, 0.4) is 0 Å². The van der Waals surface area contributed by atoms with Crippen LogP contribution in [-0.2, 0) is 28.5 Å². The molecule has 0 spiro atoms. The highest BCUT2D eigenvalue weighted by Crippen LogP contribution is 2.35. The second-order valence-electron chi connectivity index (χ2n) is 7.48. The minimum Gasteiger partial charge on any atom is -0.324 e. The van der Waals surface area contributed by atoms with E-state index in [0.717, 1.165) is 36.4 Å². The molecule has 2 aromatic carbocycles. The SMILES string of the molecule is C[C@]1(C(=O)Nc2ccc(C(F)(F)F)cc2)CCC(=O)N1Cc1ccc(C(F)(F)F)cc1. The Morgan fingerprint density at radius 2 is 1.42 bits per heavy atom. The van der Waals surface area contributed by atoms with Gasteiger partial charge in [0.2, 0.25) is 11.8 Å². The molecule has 0 aliphatic carbocycles. The Balaban J connectivity index is 1.76. The lowest BCUT2D eigenvalue weighted by Crippen LogP contribution is -2.51. The highest BCUT2D eigenvalue weighted by atomic mass is 19.4. The summed E-state index contributed by atoms with van der Waals surface area (Å²) in [5.74, 6) is -0.935. The first-order valence-electron chi connectivity index (χ1n) is 9.26. The summed E-state index contributed by atoms with van der Waals surface area (Å²) in [5.41, 5.74) is -2.45. The molecular weight excluding hydrogens is 426 g/mol. The van der Waals surface area contributed by atoms with E-state index in [1.54, 1.807) is 0 Å². The van der Waals surface area contributed by atoms with Gasteiger partial charge in [-0.15, -0.1) is 0 Å². The van der Waals surface area contributed by atoms with Gasteiger partial charge in [0.25, 0.3) is 0 Å². The Bertz CT molecular complexity index is 967. The second-order valence-corrected chi connectivity index (χ2v) is 7.48. The Morgan fingerprint density at radius 3 is 1.90 bits per heavy atom. The molecule has 1 saturated heterocycles. The van der Waals surface area contributed by atoms with Crippen molar-refractivity contribution in [3.05, 3.63) is 65.2 Å². The van der Waals surface area contributed by atoms with Crippen LogP contribution in [0.1, 0.15) is 36.5 Å². The van der Waals surface area contributed by atoms with Crippen molar-refractivity contribution >= 4 is 17.5 Å². The van der Waals surface area contributed by atoms with Gasteiger partial charge in [-0.1, -0.05) is 12.1 Å². The fraction of sp³-hybridized carbons (Fsp3) is 0.333. The van der Waals surface area contributed by atoms with Crippen LogP contribution in [0.5, 0.6) is 0 Å². The van der Waals surface area contributed by atoms with Crippen LogP contribution in [0.4, 0.5) is 32.0 Å². The molecule has 2 aromatic rings. The van der Waals surface area contributed by atoms with E-state index in [-0.39, 0.29) is 31.0 Å². The first kappa shape index (κ1) is 22.6. The van der Waals surface area contributed by atoms with Gasteiger partial charge in [-0.2, -0.15) is 26.3 Å². The molecule has 166 valence electrons. The Labute approximate surface area is 173 Å². The van der Waals surface area contributed by atoms with Crippen molar-refractivity contribution in [3.63, 3.8) is 0 Å². The summed E-state index contributed by atoms with van der Waals surface area (Å²) in [7, 11) is 0. The van der Waals surface area contributed by atoms with Gasteiger partial charge in [0, 0.05) is 18.7 Å². The number of halogens is 6. The van der Waals surface area contributed by atoms with E-state index in [4.69, 9.17) is 0 Å². The number of alkyl halides is 6. The van der Waals surface area contributed by atoms with Crippen LogP contribution in [0.25, 0.3) is 0 Å². The molecule has 1 aliphatic heterocycles. The summed E-state index contributed by atoms with van der Waals surface area (Å²) in [6.45, 7) is 1.44. The Kier molecular flexibility index (Phi) is 5.77. The first-order chi connectivity index (χ1) is 14.3. The van der Waals surface area contributed by atoms with E-state index < -0.39 is 34.9 Å². The van der Waals surface area contributed by atoms with E-state index in [2.05, 4.69) is 5.32 Å². The van der Waals surface area contributed by atoms with Crippen LogP contribution < -0.4 is 5.32 Å². The molecule has 0 saturated carbocycles. The molecule has 1 atom stereocenters. The number of amides is 2. The number of nitrogens with zero attached hydrogens (tertiary/aromatic N) is 1. The Hall–Kier alpha value is -3.04. The molecule has 0 unspecified atom stereocenters. The monoisotopic (exact) mass is 444 g/mol. The number of hydrogen-bond donors (Lipinski definition) is 1. The van der Waals surface area contributed by atoms with Gasteiger partial charge in [0.15, 0.2) is 0 Å². The van der Waals surface area contributed by atoms with E-state index >= 15 is 0 Å². The van der Waals surface area contributed by atoms with Gasteiger partial charge in [0.05, 0.1) is 11.1 Å². The van der Waals surface area contributed by atoms with Gasteiger partial charge < -0.3 is 10.2 Å². The van der Waals surface area contributed by atoms with Gasteiger partial charge in [0.1, 0.15) is 5.54 Å². The fourth-order valence-electron chi connectivity index (χ4n) is 3.38. The molecule has 1 N–H and O–H groups in total. The van der Waals surface area contributed by atoms with Gasteiger partial charge in [-0.25, -0.2) is 0 Å². The van der Waals surface area contributed by atoms with Gasteiger partial charge in [-0.3, -0.25) is 9.59 Å². The minimum atomic E-state index is -4.51. The summed E-state index contributed by atoms with van der Waals surface area (Å²) >= 11 is 0. The summed E-state index contributed by atoms with van der Waals surface area (Å²) < 4.78 is 76.3. The molecule has 31 heavy (non-hydrogen) atoms. The molecule has 1 heterocycles. The highest BCUT2D eigenvalue weighted by Gasteiger charge is 2.47. The standard InChI is InChI=1S/C21H18F6N2O2/c1-19(18(31)28-16-8-6-15(7-9-16)21(25,26)27)11-10-17(30)29(19)12-13-2-4-14(5-3-13)20(22,23)24/h2-9H,10-12H2,1H3,(H,28,31)/t19-/m1/s1. The minimum absolute atomic E-state index is 0.0670. The number of hydrogen-bond acceptors (Lipinski definition) is 2. The third-order valence-corrected chi connectivity index (χ3v) is 5.30. The van der Waals surface area contributed by atoms with Crippen LogP contribution in [0, 0.1) is 0 Å².